The zero-order valence-electron chi connectivity index (χ0n) is 40.0. The van der Waals surface area contributed by atoms with Gasteiger partial charge in [-0.25, -0.2) is 8.78 Å². The minimum Gasteiger partial charge on any atom is -0.508 e. The second-order valence-electron chi connectivity index (χ2n) is 21.0. The van der Waals surface area contributed by atoms with Gasteiger partial charge in [-0.1, -0.05) is 13.0 Å². The molecule has 5 fully saturated rings. The number of anilines is 2. The topological polar surface area (TPSA) is 168 Å². The van der Waals surface area contributed by atoms with E-state index >= 15 is 8.78 Å². The van der Waals surface area contributed by atoms with Gasteiger partial charge in [-0.2, -0.15) is 9.97 Å². The maximum absolute atomic E-state index is 17.1. The van der Waals surface area contributed by atoms with Gasteiger partial charge < -0.3 is 34.5 Å². The average molecular weight is 958 g/mol. The second-order valence-corrected chi connectivity index (χ2v) is 21.0. The monoisotopic (exact) mass is 957 g/mol. The Hall–Kier alpha value is -6.04. The number of hydrogen-bond donors (Lipinski definition) is 3. The lowest BCUT2D eigenvalue weighted by Gasteiger charge is -2.40. The molecular weight excluding hydrogens is 897 g/mol. The number of carbonyl (C=O) groups excluding carboxylic acids is 3. The molecule has 0 bridgehead atoms. The van der Waals surface area contributed by atoms with Crippen molar-refractivity contribution in [1.29, 1.82) is 0 Å². The number of likely N-dealkylation sites (tertiary alicyclic amines) is 1. The van der Waals surface area contributed by atoms with Gasteiger partial charge in [-0.05, 0) is 136 Å². The Morgan fingerprint density at radius 3 is 2.43 bits per heavy atom. The van der Waals surface area contributed by atoms with Gasteiger partial charge in [0.2, 0.25) is 11.8 Å². The van der Waals surface area contributed by atoms with Crippen molar-refractivity contribution in [2.75, 3.05) is 81.9 Å². The van der Waals surface area contributed by atoms with E-state index in [-0.39, 0.29) is 52.2 Å². The molecule has 2 atom stereocenters. The third-order valence-corrected chi connectivity index (χ3v) is 15.9. The Morgan fingerprint density at radius 1 is 0.886 bits per heavy atom. The first-order valence-corrected chi connectivity index (χ1v) is 25.1. The standard InChI is InChI=1S/C53H61F2N9O6/c1-3-37-41(54)8-5-33-24-36(65)25-39(44(33)37)46-45(55)47-40(26-56-46)48(63-16-4-13-52(2,69)29-63)59-51(58-47)70-31-53(14-15-53)30-61-17-11-32(12-18-61)27-60-19-21-62(22-20-60)35-6-7-38-34(23-35)28-64(50(38)68)42-9-10-43(66)57-49(42)67/h5-8,23-26,32,42,65,69H,3-4,9-22,27-31H2,1-2H3,(H,57,66,67)/t42-,52?/m0/s1. The van der Waals surface area contributed by atoms with E-state index in [1.54, 1.807) is 17.9 Å². The van der Waals surface area contributed by atoms with Gasteiger partial charge in [0.15, 0.2) is 5.82 Å². The summed E-state index contributed by atoms with van der Waals surface area (Å²) in [6.45, 7) is 13.0. The number of fused-ring (bicyclic) bond motifs is 3. The van der Waals surface area contributed by atoms with Crippen LogP contribution in [-0.4, -0.2) is 141 Å². The van der Waals surface area contributed by atoms with Gasteiger partial charge in [-0.3, -0.25) is 29.6 Å². The van der Waals surface area contributed by atoms with Crippen molar-refractivity contribution in [2.24, 2.45) is 11.3 Å². The number of imide groups is 1. The lowest BCUT2D eigenvalue weighted by molar-refractivity contribution is -0.136. The van der Waals surface area contributed by atoms with Crippen LogP contribution >= 0.6 is 0 Å². The van der Waals surface area contributed by atoms with E-state index in [4.69, 9.17) is 9.72 Å². The molecule has 70 heavy (non-hydrogen) atoms. The molecule has 5 aromatic rings. The van der Waals surface area contributed by atoms with Crippen LogP contribution < -0.4 is 19.9 Å². The number of aromatic hydroxyl groups is 1. The Morgan fingerprint density at radius 2 is 1.69 bits per heavy atom. The molecule has 7 heterocycles. The van der Waals surface area contributed by atoms with Gasteiger partial charge in [-0.15, -0.1) is 0 Å². The highest BCUT2D eigenvalue weighted by Gasteiger charge is 2.46. The summed E-state index contributed by atoms with van der Waals surface area (Å²) in [5.41, 5.74) is 2.25. The third-order valence-electron chi connectivity index (χ3n) is 15.9. The van der Waals surface area contributed by atoms with E-state index in [9.17, 15) is 24.6 Å². The predicted octanol–water partition coefficient (Wildman–Crippen LogP) is 6.20. The molecule has 3 N–H and O–H groups in total. The van der Waals surface area contributed by atoms with Crippen molar-refractivity contribution < 1.29 is 38.1 Å². The number of benzene rings is 3. The molecule has 1 saturated carbocycles. The highest BCUT2D eigenvalue weighted by atomic mass is 19.1. The van der Waals surface area contributed by atoms with Crippen LogP contribution in [0.4, 0.5) is 20.3 Å². The van der Waals surface area contributed by atoms with Crippen molar-refractivity contribution in [2.45, 2.75) is 89.8 Å². The van der Waals surface area contributed by atoms with Crippen LogP contribution in [0, 0.1) is 23.0 Å². The van der Waals surface area contributed by atoms with Gasteiger partial charge in [0.1, 0.15) is 34.6 Å². The van der Waals surface area contributed by atoms with E-state index in [0.717, 1.165) is 95.7 Å². The molecule has 3 aromatic carbocycles. The van der Waals surface area contributed by atoms with Crippen LogP contribution in [0.15, 0.2) is 48.7 Å². The van der Waals surface area contributed by atoms with E-state index in [2.05, 4.69) is 36.1 Å². The van der Waals surface area contributed by atoms with Crippen LogP contribution in [0.25, 0.3) is 32.9 Å². The predicted molar refractivity (Wildman–Crippen MR) is 261 cm³/mol. The van der Waals surface area contributed by atoms with Crippen LogP contribution in [0.5, 0.6) is 11.8 Å². The number of rotatable bonds is 12. The summed E-state index contributed by atoms with van der Waals surface area (Å²) in [6, 6.07) is 11.3. The highest BCUT2D eigenvalue weighted by Crippen LogP contribution is 2.47. The number of phenols is 1. The summed E-state index contributed by atoms with van der Waals surface area (Å²) in [5, 5.41) is 25.6. The summed E-state index contributed by atoms with van der Waals surface area (Å²) in [5.74, 6) is -1.02. The number of amides is 3. The number of nitrogens with one attached hydrogen (secondary N) is 1. The number of hydrogen-bond acceptors (Lipinski definition) is 13. The summed E-state index contributed by atoms with van der Waals surface area (Å²) in [7, 11) is 0. The summed E-state index contributed by atoms with van der Waals surface area (Å²) in [4.78, 5) is 62.6. The number of phenolic OH excluding ortho intramolecular Hbond substituents is 1. The number of aliphatic hydroxyl groups is 1. The SMILES string of the molecule is CCc1c(F)ccc2cc(O)cc(-c3ncc4c(N5CCCC(C)(O)C5)nc(OCC5(CN6CCC(CN7CCN(c8ccc9c(c8)CN([C@H]8CCC(=O)NC8=O)C9=O)CC7)CC6)CC5)nc4c3F)c12. The highest BCUT2D eigenvalue weighted by molar-refractivity contribution is 6.06. The molecule has 3 amide bonds. The molecular formula is C53H61F2N9O6. The van der Waals surface area contributed by atoms with Crippen LogP contribution in [0.2, 0.25) is 0 Å². The zero-order chi connectivity index (χ0) is 48.5. The van der Waals surface area contributed by atoms with Crippen LogP contribution in [0.3, 0.4) is 0 Å². The van der Waals surface area contributed by atoms with Gasteiger partial charge >= 0.3 is 6.01 Å². The molecule has 6 aliphatic rings. The fourth-order valence-electron chi connectivity index (χ4n) is 11.8. The van der Waals surface area contributed by atoms with E-state index in [1.807, 2.05) is 24.0 Å². The number of aromatic nitrogens is 3. The Labute approximate surface area is 405 Å². The molecule has 2 aromatic heterocycles. The van der Waals surface area contributed by atoms with Gasteiger partial charge in [0, 0.05) is 93.7 Å². The number of pyridine rings is 1. The molecule has 1 aliphatic carbocycles. The number of aryl methyl sites for hydroxylation is 1. The minimum absolute atomic E-state index is 0.00972. The molecule has 368 valence electrons. The average Bonchev–Trinajstić information content (AvgIpc) is 4.04. The van der Waals surface area contributed by atoms with Crippen LogP contribution in [-0.2, 0) is 22.6 Å². The van der Waals surface area contributed by atoms with Gasteiger partial charge in [0.25, 0.3) is 5.91 Å². The van der Waals surface area contributed by atoms with Crippen molar-refractivity contribution in [3.05, 3.63) is 77.0 Å². The lowest BCUT2D eigenvalue weighted by Crippen LogP contribution is -2.52. The molecule has 0 radical (unpaired) electrons. The van der Waals surface area contributed by atoms with Crippen molar-refractivity contribution in [1.82, 2.24) is 35.0 Å². The number of carbonyl (C=O) groups is 3. The Kier molecular flexibility index (Phi) is 12.1. The van der Waals surface area contributed by atoms with Crippen molar-refractivity contribution in [3.63, 3.8) is 0 Å². The maximum Gasteiger partial charge on any atom is 0.319 e. The molecule has 0 spiro atoms. The van der Waals surface area contributed by atoms with Crippen molar-refractivity contribution >= 4 is 50.9 Å². The number of β-amino-alcohol motifs (C(OH)–C–C–N with tert-alkyl or cyclic N) is 1. The Bertz CT molecular complexity index is 2900. The largest absolute Gasteiger partial charge is 0.508 e. The number of piperidine rings is 3. The normalized spacial score (nSPS) is 23.4. The minimum atomic E-state index is -0.967. The summed E-state index contributed by atoms with van der Waals surface area (Å²) >= 11 is 0. The zero-order valence-corrected chi connectivity index (χ0v) is 40.0. The Balaban J connectivity index is 0.723. The first-order chi connectivity index (χ1) is 33.7. The van der Waals surface area contributed by atoms with E-state index in [0.29, 0.717) is 84.5 Å². The first kappa shape index (κ1) is 46.3. The van der Waals surface area contributed by atoms with Crippen LogP contribution in [0.1, 0.15) is 86.7 Å². The van der Waals surface area contributed by atoms with Gasteiger partial charge in [0.05, 0.1) is 17.6 Å². The molecule has 15 nitrogen and oxygen atoms in total. The smallest absolute Gasteiger partial charge is 0.319 e. The lowest BCUT2D eigenvalue weighted by atomic mass is 9.94. The van der Waals surface area contributed by atoms with E-state index < -0.39 is 29.2 Å². The number of halogens is 2. The summed E-state index contributed by atoms with van der Waals surface area (Å²) in [6.07, 6.45) is 8.08. The first-order valence-electron chi connectivity index (χ1n) is 25.1. The number of ether oxygens (including phenoxy) is 1. The molecule has 4 saturated heterocycles. The van der Waals surface area contributed by atoms with E-state index in [1.165, 1.54) is 24.4 Å². The van der Waals surface area contributed by atoms with Crippen molar-refractivity contribution in [3.8, 4) is 23.0 Å². The quantitative estimate of drug-likeness (QED) is 0.121. The third kappa shape index (κ3) is 9.00. The molecule has 11 rings (SSSR count). The molecule has 17 heteroatoms. The summed E-state index contributed by atoms with van der Waals surface area (Å²) < 4.78 is 38.8. The molecule has 5 aliphatic heterocycles. The second kappa shape index (κ2) is 18.3. The maximum atomic E-state index is 17.1. The number of nitrogens with zero attached hydrogens (tertiary/aromatic N) is 8. The fourth-order valence-corrected chi connectivity index (χ4v) is 11.8. The number of piperazine rings is 1. The molecule has 1 unspecified atom stereocenters. The fraction of sp³-hybridized carbons (Fsp3) is 0.509.